The van der Waals surface area contributed by atoms with Crippen LogP contribution in [0, 0.1) is 5.92 Å². The summed E-state index contributed by atoms with van der Waals surface area (Å²) in [7, 11) is 0. The maximum absolute atomic E-state index is 12.3. The van der Waals surface area contributed by atoms with Crippen LogP contribution in [0.5, 0.6) is 0 Å². The zero-order valence-corrected chi connectivity index (χ0v) is 16.6. The van der Waals surface area contributed by atoms with Gasteiger partial charge in [0, 0.05) is 42.2 Å². The topological polar surface area (TPSA) is 89.9 Å². The Hall–Kier alpha value is -3.03. The van der Waals surface area contributed by atoms with E-state index in [9.17, 15) is 14.4 Å². The van der Waals surface area contributed by atoms with E-state index in [1.807, 2.05) is 25.1 Å². The number of fused-ring (bicyclic) bond motifs is 3. The average Bonchev–Trinajstić information content (AvgIpc) is 3.25. The smallest absolute Gasteiger partial charge is 0.414 e. The third-order valence-electron chi connectivity index (χ3n) is 5.51. The molecule has 2 amide bonds. The van der Waals surface area contributed by atoms with Crippen molar-refractivity contribution >= 4 is 34.6 Å². The molecule has 1 aromatic heterocycles. The van der Waals surface area contributed by atoms with E-state index in [2.05, 4.69) is 16.0 Å². The second-order valence-electron chi connectivity index (χ2n) is 7.53. The minimum atomic E-state index is -0.411. The summed E-state index contributed by atoms with van der Waals surface area (Å²) in [5.74, 6) is -0.384. The fraction of sp³-hybridized carbons (Fsp3) is 0.476. The highest BCUT2D eigenvalue weighted by Gasteiger charge is 2.33. The fourth-order valence-electron chi connectivity index (χ4n) is 4.11. The minimum Gasteiger partial charge on any atom is -0.466 e. The van der Waals surface area contributed by atoms with Crippen molar-refractivity contribution in [3.05, 3.63) is 30.0 Å². The largest absolute Gasteiger partial charge is 0.466 e. The van der Waals surface area contributed by atoms with Gasteiger partial charge in [-0.05, 0) is 37.6 Å². The molecule has 2 aliphatic heterocycles. The number of carbonyl (C=O) groups excluding carboxylic acids is 3. The number of cyclic esters (lactones) is 1. The molecular weight excluding hydrogens is 374 g/mol. The SMILES string of the molecule is CCOC(=O)C1CCn2c(cc3cc(N4C[C@H](CNC(C)=O)OC4=O)ccc32)C1. The lowest BCUT2D eigenvalue weighted by atomic mass is 9.96. The molecular formula is C21H25N3O5. The molecule has 8 heteroatoms. The third-order valence-corrected chi connectivity index (χ3v) is 5.51. The Morgan fingerprint density at radius 2 is 2.14 bits per heavy atom. The molecule has 0 radical (unpaired) electrons. The monoisotopic (exact) mass is 399 g/mol. The number of amides is 2. The Bertz CT molecular complexity index is 967. The Kier molecular flexibility index (Phi) is 5.17. The van der Waals surface area contributed by atoms with Crippen molar-refractivity contribution in [2.75, 3.05) is 24.6 Å². The van der Waals surface area contributed by atoms with Crippen LogP contribution in [0.2, 0.25) is 0 Å². The summed E-state index contributed by atoms with van der Waals surface area (Å²) in [6.45, 7) is 5.12. The Morgan fingerprint density at radius 3 is 2.90 bits per heavy atom. The first-order chi connectivity index (χ1) is 14.0. The average molecular weight is 399 g/mol. The summed E-state index contributed by atoms with van der Waals surface area (Å²) in [5, 5.41) is 3.71. The highest BCUT2D eigenvalue weighted by atomic mass is 16.6. The van der Waals surface area contributed by atoms with E-state index < -0.39 is 6.09 Å². The van der Waals surface area contributed by atoms with Crippen LogP contribution in [0.4, 0.5) is 10.5 Å². The summed E-state index contributed by atoms with van der Waals surface area (Å²) < 4.78 is 12.8. The second-order valence-corrected chi connectivity index (χ2v) is 7.53. The van der Waals surface area contributed by atoms with E-state index in [1.165, 1.54) is 6.92 Å². The van der Waals surface area contributed by atoms with Crippen LogP contribution >= 0.6 is 0 Å². The molecule has 2 aliphatic rings. The number of ether oxygens (including phenoxy) is 2. The lowest BCUT2D eigenvalue weighted by molar-refractivity contribution is -0.148. The van der Waals surface area contributed by atoms with Crippen molar-refractivity contribution in [1.82, 2.24) is 9.88 Å². The maximum atomic E-state index is 12.3. The number of rotatable bonds is 5. The molecule has 154 valence electrons. The summed E-state index contributed by atoms with van der Waals surface area (Å²) in [5.41, 5.74) is 2.96. The lowest BCUT2D eigenvalue weighted by Crippen LogP contribution is -2.33. The van der Waals surface area contributed by atoms with Gasteiger partial charge in [-0.25, -0.2) is 4.79 Å². The number of aryl methyl sites for hydroxylation is 1. The highest BCUT2D eigenvalue weighted by Crippen LogP contribution is 2.32. The molecule has 1 fully saturated rings. The van der Waals surface area contributed by atoms with E-state index in [0.717, 1.165) is 35.2 Å². The van der Waals surface area contributed by atoms with Gasteiger partial charge in [0.25, 0.3) is 0 Å². The Balaban J connectivity index is 1.53. The first-order valence-electron chi connectivity index (χ1n) is 9.97. The van der Waals surface area contributed by atoms with E-state index >= 15 is 0 Å². The van der Waals surface area contributed by atoms with Crippen LogP contribution in [-0.4, -0.2) is 48.3 Å². The van der Waals surface area contributed by atoms with Crippen LogP contribution in [-0.2, 0) is 32.0 Å². The number of hydrogen-bond acceptors (Lipinski definition) is 5. The van der Waals surface area contributed by atoms with Crippen molar-refractivity contribution in [3.63, 3.8) is 0 Å². The number of esters is 1. The molecule has 8 nitrogen and oxygen atoms in total. The van der Waals surface area contributed by atoms with Crippen molar-refractivity contribution in [2.24, 2.45) is 5.92 Å². The molecule has 0 bridgehead atoms. The molecule has 3 heterocycles. The van der Waals surface area contributed by atoms with Crippen molar-refractivity contribution < 1.29 is 23.9 Å². The highest BCUT2D eigenvalue weighted by molar-refractivity contribution is 5.94. The van der Waals surface area contributed by atoms with Gasteiger partial charge in [0.1, 0.15) is 6.10 Å². The van der Waals surface area contributed by atoms with Gasteiger partial charge in [0.15, 0.2) is 0 Å². The standard InChI is InChI=1S/C21H25N3O5/c1-3-28-20(26)14-6-7-23-17(8-14)10-15-9-16(4-5-19(15)23)24-12-18(29-21(24)27)11-22-13(2)25/h4-5,9-10,14,18H,3,6-8,11-12H2,1-2H3,(H,22,25)/t14?,18-/m0/s1. The third kappa shape index (κ3) is 3.79. The maximum Gasteiger partial charge on any atom is 0.414 e. The van der Waals surface area contributed by atoms with Crippen LogP contribution in [0.3, 0.4) is 0 Å². The lowest BCUT2D eigenvalue weighted by Gasteiger charge is -2.23. The van der Waals surface area contributed by atoms with Crippen molar-refractivity contribution in [1.29, 1.82) is 0 Å². The first-order valence-corrected chi connectivity index (χ1v) is 9.97. The summed E-state index contributed by atoms with van der Waals surface area (Å²) >= 11 is 0. The Morgan fingerprint density at radius 1 is 1.31 bits per heavy atom. The van der Waals surface area contributed by atoms with Crippen LogP contribution in [0.1, 0.15) is 26.0 Å². The molecule has 1 saturated heterocycles. The predicted molar refractivity (Wildman–Crippen MR) is 107 cm³/mol. The molecule has 2 aromatic rings. The van der Waals surface area contributed by atoms with E-state index in [4.69, 9.17) is 9.47 Å². The molecule has 1 N–H and O–H groups in total. The summed E-state index contributed by atoms with van der Waals surface area (Å²) in [6.07, 6.45) is 0.648. The molecule has 4 rings (SSSR count). The predicted octanol–water partition coefficient (Wildman–Crippen LogP) is 2.23. The second kappa shape index (κ2) is 7.77. The molecule has 2 atom stereocenters. The van der Waals surface area contributed by atoms with Crippen LogP contribution in [0.15, 0.2) is 24.3 Å². The van der Waals surface area contributed by atoms with Gasteiger partial charge in [0.05, 0.1) is 25.6 Å². The number of anilines is 1. The number of benzene rings is 1. The molecule has 0 spiro atoms. The molecule has 29 heavy (non-hydrogen) atoms. The van der Waals surface area contributed by atoms with E-state index in [0.29, 0.717) is 26.1 Å². The number of nitrogens with zero attached hydrogens (tertiary/aromatic N) is 2. The van der Waals surface area contributed by atoms with Gasteiger partial charge in [-0.3, -0.25) is 14.5 Å². The minimum absolute atomic E-state index is 0.102. The molecule has 1 unspecified atom stereocenters. The first kappa shape index (κ1) is 19.3. The van der Waals surface area contributed by atoms with Crippen LogP contribution in [0.25, 0.3) is 10.9 Å². The Labute approximate surface area is 168 Å². The number of hydrogen-bond donors (Lipinski definition) is 1. The van der Waals surface area contributed by atoms with Gasteiger partial charge in [-0.15, -0.1) is 0 Å². The summed E-state index contributed by atoms with van der Waals surface area (Å²) in [4.78, 5) is 37.0. The molecule has 0 aliphatic carbocycles. The van der Waals surface area contributed by atoms with Gasteiger partial charge in [0.2, 0.25) is 5.91 Å². The van der Waals surface area contributed by atoms with Crippen LogP contribution < -0.4 is 10.2 Å². The quantitative estimate of drug-likeness (QED) is 0.779. The van der Waals surface area contributed by atoms with E-state index in [1.54, 1.807) is 4.90 Å². The fourth-order valence-corrected chi connectivity index (χ4v) is 4.11. The van der Waals surface area contributed by atoms with Gasteiger partial charge in [-0.1, -0.05) is 0 Å². The van der Waals surface area contributed by atoms with Gasteiger partial charge in [-0.2, -0.15) is 0 Å². The van der Waals surface area contributed by atoms with Gasteiger partial charge < -0.3 is 19.4 Å². The number of aromatic nitrogens is 1. The van der Waals surface area contributed by atoms with Crippen molar-refractivity contribution in [3.8, 4) is 0 Å². The van der Waals surface area contributed by atoms with Gasteiger partial charge >= 0.3 is 12.1 Å². The molecule has 1 aromatic carbocycles. The normalized spacial score (nSPS) is 21.0. The number of carbonyl (C=O) groups is 3. The molecule has 0 saturated carbocycles. The zero-order chi connectivity index (χ0) is 20.5. The summed E-state index contributed by atoms with van der Waals surface area (Å²) in [6, 6.07) is 7.98. The van der Waals surface area contributed by atoms with E-state index in [-0.39, 0.29) is 23.9 Å². The number of nitrogens with one attached hydrogen (secondary N) is 1. The van der Waals surface area contributed by atoms with Crippen molar-refractivity contribution in [2.45, 2.75) is 39.3 Å². The zero-order valence-electron chi connectivity index (χ0n) is 16.6.